The lowest BCUT2D eigenvalue weighted by Crippen LogP contribution is -2.17. The number of allylic oxidation sites excluding steroid dienone is 2. The third-order valence-corrected chi connectivity index (χ3v) is 8.36. The second-order valence-corrected chi connectivity index (χ2v) is 13.2. The average molecular weight is 545 g/mol. The summed E-state index contributed by atoms with van der Waals surface area (Å²) in [5.74, 6) is -0.615. The Hall–Kier alpha value is -3.24. The number of carbonyl (C=O) groups excluding carboxylic acids is 1. The Morgan fingerprint density at radius 1 is 0.973 bits per heavy atom. The lowest BCUT2D eigenvalue weighted by atomic mass is 9.91. The zero-order chi connectivity index (χ0) is 27.7. The van der Waals surface area contributed by atoms with E-state index in [2.05, 4.69) is 5.10 Å². The Morgan fingerprint density at radius 3 is 2.14 bits per heavy atom. The van der Waals surface area contributed by atoms with Gasteiger partial charge in [0.2, 0.25) is 5.88 Å². The van der Waals surface area contributed by atoms with Crippen LogP contribution in [0.5, 0.6) is 5.88 Å². The summed E-state index contributed by atoms with van der Waals surface area (Å²) in [6.07, 6.45) is 2.42. The molecule has 0 bridgehead atoms. The first-order chi connectivity index (χ1) is 17.1. The molecule has 0 amide bonds. The molecule has 2 aromatic carbocycles. The molecule has 0 saturated heterocycles. The molecule has 3 aromatic rings. The molecule has 1 aromatic heterocycles. The highest BCUT2D eigenvalue weighted by atomic mass is 32.2. The molecular weight excluding hydrogens is 512 g/mol. The van der Waals surface area contributed by atoms with E-state index in [4.69, 9.17) is 4.18 Å². The van der Waals surface area contributed by atoms with Crippen molar-refractivity contribution in [3.8, 4) is 5.88 Å². The largest absolute Gasteiger partial charge is 0.358 e. The van der Waals surface area contributed by atoms with E-state index in [0.29, 0.717) is 17.7 Å². The van der Waals surface area contributed by atoms with Gasteiger partial charge in [-0.1, -0.05) is 37.6 Å². The molecule has 0 fully saturated rings. The Morgan fingerprint density at radius 2 is 1.59 bits per heavy atom. The lowest BCUT2D eigenvalue weighted by Gasteiger charge is -2.17. The minimum absolute atomic E-state index is 0.0313. The van der Waals surface area contributed by atoms with Gasteiger partial charge in [0, 0.05) is 18.4 Å². The number of sulfone groups is 1. The molecule has 1 heterocycles. The van der Waals surface area contributed by atoms with Crippen molar-refractivity contribution in [2.45, 2.75) is 57.9 Å². The number of aromatic nitrogens is 2. The number of benzene rings is 2. The molecule has 198 valence electrons. The number of nitrogens with zero attached hydrogens (tertiary/aromatic N) is 2. The molecule has 37 heavy (non-hydrogen) atoms. The normalized spacial score (nSPS) is 12.0. The van der Waals surface area contributed by atoms with Gasteiger partial charge in [0.1, 0.15) is 10.5 Å². The average Bonchev–Trinajstić information content (AvgIpc) is 3.18. The quantitative estimate of drug-likeness (QED) is 0.273. The number of ketones is 1. The Kier molecular flexibility index (Phi) is 8.14. The molecule has 8 nitrogen and oxygen atoms in total. The fraction of sp³-hybridized carbons (Fsp3) is 0.333. The molecule has 0 aliphatic rings. The zero-order valence-electron chi connectivity index (χ0n) is 22.1. The first kappa shape index (κ1) is 28.3. The summed E-state index contributed by atoms with van der Waals surface area (Å²) >= 11 is 0. The van der Waals surface area contributed by atoms with Gasteiger partial charge in [-0.3, -0.25) is 4.79 Å². The summed E-state index contributed by atoms with van der Waals surface area (Å²) in [4.78, 5) is 13.9. The van der Waals surface area contributed by atoms with Crippen LogP contribution in [0.4, 0.5) is 0 Å². The van der Waals surface area contributed by atoms with Crippen molar-refractivity contribution in [3.63, 3.8) is 0 Å². The number of hydrogen-bond acceptors (Lipinski definition) is 7. The molecule has 3 rings (SSSR count). The molecular formula is C27H32N2O6S2. The minimum Gasteiger partial charge on any atom is -0.358 e. The van der Waals surface area contributed by atoms with Crippen LogP contribution in [0.25, 0.3) is 5.57 Å². The van der Waals surface area contributed by atoms with Gasteiger partial charge in [0.05, 0.1) is 11.1 Å². The molecule has 0 unspecified atom stereocenters. The summed E-state index contributed by atoms with van der Waals surface area (Å²) < 4.78 is 58.0. The maximum Gasteiger partial charge on any atom is 0.340 e. The Labute approximate surface area is 219 Å². The van der Waals surface area contributed by atoms with Crippen LogP contribution < -0.4 is 4.18 Å². The van der Waals surface area contributed by atoms with E-state index >= 15 is 0 Å². The van der Waals surface area contributed by atoms with E-state index in [-0.39, 0.29) is 32.7 Å². The van der Waals surface area contributed by atoms with Crippen LogP contribution in [0.2, 0.25) is 0 Å². The van der Waals surface area contributed by atoms with Crippen molar-refractivity contribution in [2.75, 3.05) is 6.26 Å². The number of carbonyl (C=O) groups is 1. The topological polar surface area (TPSA) is 112 Å². The summed E-state index contributed by atoms with van der Waals surface area (Å²) in [7, 11) is -7.83. The van der Waals surface area contributed by atoms with E-state index in [0.717, 1.165) is 17.4 Å². The van der Waals surface area contributed by atoms with Gasteiger partial charge < -0.3 is 4.18 Å². The van der Waals surface area contributed by atoms with Gasteiger partial charge in [-0.05, 0) is 74.6 Å². The molecule has 10 heteroatoms. The molecule has 0 N–H and O–H groups in total. The summed E-state index contributed by atoms with van der Waals surface area (Å²) in [6, 6.07) is 10.5. The zero-order valence-corrected chi connectivity index (χ0v) is 23.7. The van der Waals surface area contributed by atoms with Crippen LogP contribution in [0, 0.1) is 12.8 Å². The SMILES string of the molecule is CC(C)=C(C)c1c(S(C)(=O)=O)ccc(C(=O)c2cnn(CC(C)C)c2OS(=O)(=O)c2ccccc2)c1C. The summed E-state index contributed by atoms with van der Waals surface area (Å²) in [6.45, 7) is 11.4. The fourth-order valence-electron chi connectivity index (χ4n) is 3.94. The summed E-state index contributed by atoms with van der Waals surface area (Å²) in [5, 5.41) is 4.25. The van der Waals surface area contributed by atoms with Crippen LogP contribution in [-0.2, 0) is 26.5 Å². The Balaban J connectivity index is 2.22. The third kappa shape index (κ3) is 6.02. The van der Waals surface area contributed by atoms with E-state index in [9.17, 15) is 21.6 Å². The first-order valence-electron chi connectivity index (χ1n) is 11.7. The van der Waals surface area contributed by atoms with Crippen molar-refractivity contribution in [1.82, 2.24) is 9.78 Å². The smallest absolute Gasteiger partial charge is 0.340 e. The highest BCUT2D eigenvalue weighted by Gasteiger charge is 2.29. The molecule has 0 saturated carbocycles. The molecule has 0 aliphatic carbocycles. The van der Waals surface area contributed by atoms with Crippen molar-refractivity contribution in [1.29, 1.82) is 0 Å². The van der Waals surface area contributed by atoms with E-state index in [1.165, 1.54) is 35.1 Å². The van der Waals surface area contributed by atoms with Gasteiger partial charge in [-0.15, -0.1) is 0 Å². The number of hydrogen-bond donors (Lipinski definition) is 0. The maximum atomic E-state index is 13.8. The van der Waals surface area contributed by atoms with E-state index in [1.807, 2.05) is 34.6 Å². The van der Waals surface area contributed by atoms with E-state index < -0.39 is 25.7 Å². The van der Waals surface area contributed by atoms with Crippen molar-refractivity contribution >= 4 is 31.3 Å². The van der Waals surface area contributed by atoms with Crippen LogP contribution in [0.3, 0.4) is 0 Å². The standard InChI is InChI=1S/C27H32N2O6S2/c1-17(2)16-29-27(35-37(33,34)21-11-9-8-10-12-21)23(15-28-29)26(30)22-13-14-24(36(7,31)32)25(20(22)6)19(5)18(3)4/h8-15,17H,16H2,1-7H3. The number of rotatable bonds is 9. The van der Waals surface area contributed by atoms with Gasteiger partial charge in [-0.2, -0.15) is 13.5 Å². The van der Waals surface area contributed by atoms with Gasteiger partial charge in [0.25, 0.3) is 0 Å². The van der Waals surface area contributed by atoms with Crippen molar-refractivity contribution in [2.24, 2.45) is 5.92 Å². The lowest BCUT2D eigenvalue weighted by molar-refractivity contribution is 0.103. The predicted molar refractivity (Wildman–Crippen MR) is 143 cm³/mol. The molecule has 0 spiro atoms. The highest BCUT2D eigenvalue weighted by Crippen LogP contribution is 2.34. The van der Waals surface area contributed by atoms with Gasteiger partial charge >= 0.3 is 10.1 Å². The van der Waals surface area contributed by atoms with E-state index in [1.54, 1.807) is 25.1 Å². The monoisotopic (exact) mass is 544 g/mol. The van der Waals surface area contributed by atoms with Crippen LogP contribution in [0.1, 0.15) is 61.7 Å². The second-order valence-electron chi connectivity index (χ2n) is 9.63. The molecule has 0 aliphatic heterocycles. The van der Waals surface area contributed by atoms with Gasteiger partial charge in [0.15, 0.2) is 15.6 Å². The summed E-state index contributed by atoms with van der Waals surface area (Å²) in [5.41, 5.74) is 2.78. The van der Waals surface area contributed by atoms with Gasteiger partial charge in [-0.25, -0.2) is 13.1 Å². The minimum atomic E-state index is -4.25. The highest BCUT2D eigenvalue weighted by molar-refractivity contribution is 7.90. The Bertz CT molecular complexity index is 1580. The predicted octanol–water partition coefficient (Wildman–Crippen LogP) is 5.06. The third-order valence-electron chi connectivity index (χ3n) is 5.99. The second kappa shape index (κ2) is 10.6. The maximum absolute atomic E-state index is 13.8. The molecule has 0 radical (unpaired) electrons. The van der Waals surface area contributed by atoms with Crippen molar-refractivity contribution in [3.05, 3.63) is 76.5 Å². The fourth-order valence-corrected chi connectivity index (χ4v) is 5.90. The van der Waals surface area contributed by atoms with Crippen LogP contribution in [0.15, 0.2) is 64.0 Å². The molecule has 0 atom stereocenters. The first-order valence-corrected chi connectivity index (χ1v) is 15.0. The van der Waals surface area contributed by atoms with Crippen LogP contribution in [-0.4, -0.2) is 38.7 Å². The van der Waals surface area contributed by atoms with Crippen molar-refractivity contribution < 1.29 is 25.8 Å². The van der Waals surface area contributed by atoms with Crippen LogP contribution >= 0.6 is 0 Å².